The molecule has 0 aliphatic heterocycles. The monoisotopic (exact) mass is 228 g/mol. The number of hydrogen-bond acceptors (Lipinski definition) is 2. The molecule has 3 aromatic rings. The zero-order valence-electron chi connectivity index (χ0n) is 8.85. The van der Waals surface area contributed by atoms with Crippen LogP contribution in [-0.2, 0) is 0 Å². The molecule has 0 spiro atoms. The number of phenolic OH excluding ortho intramolecular Hbond substituents is 1. The van der Waals surface area contributed by atoms with Crippen molar-refractivity contribution in [2.45, 2.75) is 0 Å². The van der Waals surface area contributed by atoms with Crippen molar-refractivity contribution in [3.63, 3.8) is 0 Å². The molecule has 0 atom stereocenters. The van der Waals surface area contributed by atoms with Gasteiger partial charge in [-0.15, -0.1) is 0 Å². The number of furan rings is 1. The molecule has 0 unspecified atom stereocenters. The van der Waals surface area contributed by atoms with Crippen LogP contribution in [-0.4, -0.2) is 5.11 Å². The molecular formula is C14H9FO2. The van der Waals surface area contributed by atoms with Crippen molar-refractivity contribution >= 4 is 11.0 Å². The Morgan fingerprint density at radius 3 is 2.47 bits per heavy atom. The first-order valence-corrected chi connectivity index (χ1v) is 5.21. The van der Waals surface area contributed by atoms with E-state index in [1.807, 2.05) is 0 Å². The summed E-state index contributed by atoms with van der Waals surface area (Å²) >= 11 is 0. The van der Waals surface area contributed by atoms with Gasteiger partial charge < -0.3 is 9.52 Å². The number of phenols is 1. The molecule has 1 aromatic heterocycles. The average molecular weight is 228 g/mol. The minimum Gasteiger partial charge on any atom is -0.507 e. The Balaban J connectivity index is 2.18. The van der Waals surface area contributed by atoms with Gasteiger partial charge in [-0.1, -0.05) is 6.07 Å². The molecule has 0 amide bonds. The SMILES string of the molecule is Oc1cccc2oc(-c3ccc(F)cc3)cc12. The van der Waals surface area contributed by atoms with Crippen LogP contribution in [0.15, 0.2) is 52.9 Å². The molecule has 0 saturated heterocycles. The van der Waals surface area contributed by atoms with Gasteiger partial charge in [0.25, 0.3) is 0 Å². The van der Waals surface area contributed by atoms with E-state index in [1.54, 1.807) is 36.4 Å². The second-order valence-corrected chi connectivity index (χ2v) is 3.81. The molecule has 2 aromatic carbocycles. The van der Waals surface area contributed by atoms with E-state index in [0.29, 0.717) is 16.7 Å². The fourth-order valence-corrected chi connectivity index (χ4v) is 1.80. The summed E-state index contributed by atoms with van der Waals surface area (Å²) in [6.07, 6.45) is 0. The molecular weight excluding hydrogens is 219 g/mol. The van der Waals surface area contributed by atoms with E-state index in [-0.39, 0.29) is 11.6 Å². The molecule has 0 radical (unpaired) electrons. The molecule has 0 saturated carbocycles. The van der Waals surface area contributed by atoms with Gasteiger partial charge >= 0.3 is 0 Å². The van der Waals surface area contributed by atoms with Gasteiger partial charge in [0.2, 0.25) is 0 Å². The van der Waals surface area contributed by atoms with Crippen molar-refractivity contribution in [3.05, 3.63) is 54.3 Å². The van der Waals surface area contributed by atoms with Crippen LogP contribution in [0.4, 0.5) is 4.39 Å². The molecule has 3 heteroatoms. The average Bonchev–Trinajstić information content (AvgIpc) is 2.75. The first kappa shape index (κ1) is 9.90. The summed E-state index contributed by atoms with van der Waals surface area (Å²) in [4.78, 5) is 0. The van der Waals surface area contributed by atoms with E-state index < -0.39 is 0 Å². The largest absolute Gasteiger partial charge is 0.507 e. The zero-order valence-corrected chi connectivity index (χ0v) is 8.85. The Kier molecular flexibility index (Phi) is 2.11. The van der Waals surface area contributed by atoms with Crippen molar-refractivity contribution in [3.8, 4) is 17.1 Å². The third-order valence-electron chi connectivity index (χ3n) is 2.67. The van der Waals surface area contributed by atoms with Gasteiger partial charge in [0, 0.05) is 5.56 Å². The first-order valence-electron chi connectivity index (χ1n) is 5.21. The molecule has 17 heavy (non-hydrogen) atoms. The summed E-state index contributed by atoms with van der Waals surface area (Å²) < 4.78 is 18.4. The van der Waals surface area contributed by atoms with Crippen LogP contribution in [0, 0.1) is 5.82 Å². The van der Waals surface area contributed by atoms with Gasteiger partial charge in [-0.05, 0) is 42.5 Å². The maximum absolute atomic E-state index is 12.8. The Morgan fingerprint density at radius 1 is 1.00 bits per heavy atom. The van der Waals surface area contributed by atoms with Crippen LogP contribution >= 0.6 is 0 Å². The van der Waals surface area contributed by atoms with Crippen molar-refractivity contribution in [2.75, 3.05) is 0 Å². The summed E-state index contributed by atoms with van der Waals surface area (Å²) in [5.41, 5.74) is 1.39. The zero-order chi connectivity index (χ0) is 11.8. The Hall–Kier alpha value is -2.29. The third kappa shape index (κ3) is 1.65. The van der Waals surface area contributed by atoms with E-state index in [0.717, 1.165) is 5.56 Å². The van der Waals surface area contributed by atoms with Crippen LogP contribution in [0.25, 0.3) is 22.3 Å². The maximum Gasteiger partial charge on any atom is 0.138 e. The van der Waals surface area contributed by atoms with Gasteiger partial charge in [0.15, 0.2) is 0 Å². The van der Waals surface area contributed by atoms with Crippen LogP contribution in [0.5, 0.6) is 5.75 Å². The summed E-state index contributed by atoms with van der Waals surface area (Å²) in [6.45, 7) is 0. The number of halogens is 1. The first-order chi connectivity index (χ1) is 8.24. The highest BCUT2D eigenvalue weighted by molar-refractivity contribution is 5.87. The molecule has 1 N–H and O–H groups in total. The quantitative estimate of drug-likeness (QED) is 0.684. The van der Waals surface area contributed by atoms with Crippen molar-refractivity contribution < 1.29 is 13.9 Å². The molecule has 0 aliphatic rings. The predicted molar refractivity (Wildman–Crippen MR) is 63.3 cm³/mol. The molecule has 3 rings (SSSR count). The lowest BCUT2D eigenvalue weighted by molar-refractivity contribution is 0.481. The minimum absolute atomic E-state index is 0.180. The third-order valence-corrected chi connectivity index (χ3v) is 2.67. The van der Waals surface area contributed by atoms with Gasteiger partial charge in [0.05, 0.1) is 5.39 Å². The fourth-order valence-electron chi connectivity index (χ4n) is 1.80. The van der Waals surface area contributed by atoms with Gasteiger partial charge in [-0.3, -0.25) is 0 Å². The fraction of sp³-hybridized carbons (Fsp3) is 0. The molecule has 0 bridgehead atoms. The van der Waals surface area contributed by atoms with Gasteiger partial charge in [-0.25, -0.2) is 4.39 Å². The molecule has 0 fully saturated rings. The Morgan fingerprint density at radius 2 is 1.76 bits per heavy atom. The minimum atomic E-state index is -0.285. The lowest BCUT2D eigenvalue weighted by Crippen LogP contribution is -1.74. The number of rotatable bonds is 1. The van der Waals surface area contributed by atoms with Crippen LogP contribution in [0.2, 0.25) is 0 Å². The highest BCUT2D eigenvalue weighted by Crippen LogP contribution is 2.32. The topological polar surface area (TPSA) is 33.4 Å². The van der Waals surface area contributed by atoms with Crippen LogP contribution < -0.4 is 0 Å². The lowest BCUT2D eigenvalue weighted by Gasteiger charge is -1.94. The van der Waals surface area contributed by atoms with E-state index >= 15 is 0 Å². The predicted octanol–water partition coefficient (Wildman–Crippen LogP) is 3.94. The van der Waals surface area contributed by atoms with Crippen molar-refractivity contribution in [1.29, 1.82) is 0 Å². The molecule has 84 valence electrons. The Labute approximate surface area is 96.9 Å². The van der Waals surface area contributed by atoms with Crippen LogP contribution in [0.3, 0.4) is 0 Å². The summed E-state index contributed by atoms with van der Waals surface area (Å²) in [5.74, 6) is 0.508. The van der Waals surface area contributed by atoms with E-state index in [9.17, 15) is 9.50 Å². The standard InChI is InChI=1S/C14H9FO2/c15-10-6-4-9(5-7-10)14-8-11-12(16)2-1-3-13(11)17-14/h1-8,16H. The molecule has 0 aliphatic carbocycles. The molecule has 1 heterocycles. The summed E-state index contributed by atoms with van der Waals surface area (Å²) in [5, 5.41) is 10.3. The van der Waals surface area contributed by atoms with Crippen molar-refractivity contribution in [1.82, 2.24) is 0 Å². The van der Waals surface area contributed by atoms with Crippen molar-refractivity contribution in [2.24, 2.45) is 0 Å². The molecule has 2 nitrogen and oxygen atoms in total. The highest BCUT2D eigenvalue weighted by atomic mass is 19.1. The summed E-state index contributed by atoms with van der Waals surface area (Å²) in [7, 11) is 0. The normalized spacial score (nSPS) is 10.9. The summed E-state index contributed by atoms with van der Waals surface area (Å²) in [6, 6.07) is 12.9. The van der Waals surface area contributed by atoms with Crippen LogP contribution in [0.1, 0.15) is 0 Å². The lowest BCUT2D eigenvalue weighted by atomic mass is 10.1. The number of fused-ring (bicyclic) bond motifs is 1. The second kappa shape index (κ2) is 3.63. The number of benzene rings is 2. The van der Waals surface area contributed by atoms with E-state index in [1.165, 1.54) is 12.1 Å². The van der Waals surface area contributed by atoms with E-state index in [2.05, 4.69) is 0 Å². The van der Waals surface area contributed by atoms with E-state index in [4.69, 9.17) is 4.42 Å². The van der Waals surface area contributed by atoms with Gasteiger partial charge in [-0.2, -0.15) is 0 Å². The Bertz CT molecular complexity index is 668. The second-order valence-electron chi connectivity index (χ2n) is 3.81. The number of aromatic hydroxyl groups is 1. The highest BCUT2D eigenvalue weighted by Gasteiger charge is 2.08. The van der Waals surface area contributed by atoms with Gasteiger partial charge in [0.1, 0.15) is 22.9 Å². The maximum atomic E-state index is 12.8. The smallest absolute Gasteiger partial charge is 0.138 e. The number of hydrogen-bond donors (Lipinski definition) is 1.